The molecule has 3 heteroatoms. The van der Waals surface area contributed by atoms with E-state index in [9.17, 15) is 0 Å². The van der Waals surface area contributed by atoms with Crippen LogP contribution in [0.4, 0.5) is 0 Å². The zero-order valence-corrected chi connectivity index (χ0v) is 5.39. The van der Waals surface area contributed by atoms with Crippen molar-refractivity contribution in [1.82, 2.24) is 0 Å². The third-order valence-electron chi connectivity index (χ3n) is 0.618. The fourth-order valence-electron chi connectivity index (χ4n) is 0.261. The fraction of sp³-hybridized carbons (Fsp3) is 0.200. The van der Waals surface area contributed by atoms with Crippen LogP contribution in [0.15, 0.2) is 12.7 Å². The molecule has 1 radical (unpaired) electrons. The maximum absolute atomic E-state index is 8.18. The van der Waals surface area contributed by atoms with E-state index >= 15 is 0 Å². The van der Waals surface area contributed by atoms with Crippen molar-refractivity contribution >= 4 is 8.80 Å². The first-order chi connectivity index (χ1) is 3.85. The third kappa shape index (κ3) is 2.17. The monoisotopic (exact) mass is 121 g/mol. The molecule has 8 heavy (non-hydrogen) atoms. The lowest BCUT2D eigenvalue weighted by atomic mass is 10.8. The molecule has 0 saturated heterocycles. The Hall–Kier alpha value is -1.06. The highest BCUT2D eigenvalue weighted by atomic mass is 28.3. The van der Waals surface area contributed by atoms with E-state index in [0.29, 0.717) is 6.04 Å². The Balaban J connectivity index is 3.62. The Labute approximate surface area is 50.3 Å². The summed E-state index contributed by atoms with van der Waals surface area (Å²) in [6, 6.07) is 0.567. The SMILES string of the molecule is C=CC[Si](C#N)C#N. The molecule has 0 spiro atoms. The van der Waals surface area contributed by atoms with Gasteiger partial charge in [-0.2, -0.15) is 0 Å². The number of hydrogen-bond donors (Lipinski definition) is 0. The quantitative estimate of drug-likeness (QED) is 0.400. The second kappa shape index (κ2) is 4.11. The zero-order valence-electron chi connectivity index (χ0n) is 4.39. The van der Waals surface area contributed by atoms with Crippen LogP contribution < -0.4 is 0 Å². The lowest BCUT2D eigenvalue weighted by molar-refractivity contribution is 1.52. The van der Waals surface area contributed by atoms with Gasteiger partial charge < -0.3 is 0 Å². The maximum Gasteiger partial charge on any atom is 0.311 e. The van der Waals surface area contributed by atoms with Gasteiger partial charge in [0.25, 0.3) is 0 Å². The Morgan fingerprint density at radius 3 is 2.12 bits per heavy atom. The molecule has 0 aromatic heterocycles. The summed E-state index contributed by atoms with van der Waals surface area (Å²) in [7, 11) is -1.38. The molecule has 0 bridgehead atoms. The van der Waals surface area contributed by atoms with Crippen molar-refractivity contribution in [3.05, 3.63) is 12.7 Å². The van der Waals surface area contributed by atoms with Crippen LogP contribution >= 0.6 is 0 Å². The van der Waals surface area contributed by atoms with Crippen LogP contribution in [0.25, 0.3) is 0 Å². The van der Waals surface area contributed by atoms with E-state index < -0.39 is 8.80 Å². The molecule has 0 rings (SSSR count). The summed E-state index contributed by atoms with van der Waals surface area (Å²) in [4.78, 5) is 0. The molecule has 0 unspecified atom stereocenters. The molecule has 0 aliphatic rings. The number of hydrogen-bond acceptors (Lipinski definition) is 2. The summed E-state index contributed by atoms with van der Waals surface area (Å²) in [6.45, 7) is 3.42. The number of nitrogens with zero attached hydrogens (tertiary/aromatic N) is 2. The Kier molecular flexibility index (Phi) is 3.56. The maximum atomic E-state index is 8.18. The standard InChI is InChI=1S/C5H5N2Si/c1-2-3-8(4-6)5-7/h2H,1,3H2. The lowest BCUT2D eigenvalue weighted by Gasteiger charge is -1.81. The summed E-state index contributed by atoms with van der Waals surface area (Å²) in [5.74, 6) is 0. The highest BCUT2D eigenvalue weighted by Crippen LogP contribution is 1.87. The number of rotatable bonds is 2. The minimum Gasteiger partial charge on any atom is -0.206 e. The normalized spacial score (nSPS) is 7.38. The van der Waals surface area contributed by atoms with Gasteiger partial charge in [0.2, 0.25) is 0 Å². The van der Waals surface area contributed by atoms with E-state index in [4.69, 9.17) is 10.5 Å². The van der Waals surface area contributed by atoms with Crippen LogP contribution in [0.3, 0.4) is 0 Å². The fourth-order valence-corrected chi connectivity index (χ4v) is 0.782. The van der Waals surface area contributed by atoms with Gasteiger partial charge in [-0.15, -0.1) is 6.58 Å². The van der Waals surface area contributed by atoms with E-state index in [-0.39, 0.29) is 0 Å². The molecule has 0 fully saturated rings. The Bertz CT molecular complexity index is 137. The van der Waals surface area contributed by atoms with Crippen molar-refractivity contribution in [2.24, 2.45) is 0 Å². The van der Waals surface area contributed by atoms with E-state index in [1.807, 2.05) is 11.4 Å². The molecule has 0 aromatic carbocycles. The van der Waals surface area contributed by atoms with Gasteiger partial charge in [-0.3, -0.25) is 0 Å². The first-order valence-corrected chi connectivity index (χ1v) is 3.82. The molecule has 0 aliphatic heterocycles. The van der Waals surface area contributed by atoms with Crippen molar-refractivity contribution in [3.63, 3.8) is 0 Å². The molecule has 0 atom stereocenters. The second-order valence-electron chi connectivity index (χ2n) is 1.19. The van der Waals surface area contributed by atoms with E-state index in [0.717, 1.165) is 0 Å². The first-order valence-electron chi connectivity index (χ1n) is 2.12. The molecule has 0 N–H and O–H groups in total. The molecule has 0 aromatic rings. The van der Waals surface area contributed by atoms with E-state index in [1.165, 1.54) is 0 Å². The van der Waals surface area contributed by atoms with Crippen molar-refractivity contribution in [3.8, 4) is 11.4 Å². The zero-order chi connectivity index (χ0) is 6.41. The van der Waals surface area contributed by atoms with Crippen molar-refractivity contribution < 1.29 is 0 Å². The largest absolute Gasteiger partial charge is 0.311 e. The van der Waals surface area contributed by atoms with Crippen molar-refractivity contribution in [1.29, 1.82) is 10.5 Å². The Morgan fingerprint density at radius 2 is 2.00 bits per heavy atom. The molecule has 0 amide bonds. The highest BCUT2D eigenvalue weighted by Gasteiger charge is 2.05. The molecule has 0 saturated carbocycles. The second-order valence-corrected chi connectivity index (χ2v) is 3.01. The Morgan fingerprint density at radius 1 is 1.50 bits per heavy atom. The van der Waals surface area contributed by atoms with Crippen LogP contribution in [0, 0.1) is 21.9 Å². The molecular formula is C5H5N2Si. The highest BCUT2D eigenvalue weighted by molar-refractivity contribution is 6.74. The van der Waals surface area contributed by atoms with Gasteiger partial charge in [0.05, 0.1) is 0 Å². The summed E-state index contributed by atoms with van der Waals surface area (Å²) >= 11 is 0. The van der Waals surface area contributed by atoms with Gasteiger partial charge in [0.15, 0.2) is 0 Å². The molecule has 39 valence electrons. The van der Waals surface area contributed by atoms with Crippen molar-refractivity contribution in [2.45, 2.75) is 6.04 Å². The van der Waals surface area contributed by atoms with Crippen molar-refractivity contribution in [2.75, 3.05) is 0 Å². The van der Waals surface area contributed by atoms with Crippen LogP contribution in [-0.4, -0.2) is 8.80 Å². The summed E-state index contributed by atoms with van der Waals surface area (Å²) < 4.78 is 0. The summed E-state index contributed by atoms with van der Waals surface area (Å²) in [6.07, 6.45) is 1.61. The van der Waals surface area contributed by atoms with E-state index in [2.05, 4.69) is 6.58 Å². The van der Waals surface area contributed by atoms with Crippen LogP contribution in [0.2, 0.25) is 6.04 Å². The predicted octanol–water partition coefficient (Wildman–Crippen LogP) is 0.793. The molecule has 2 nitrogen and oxygen atoms in total. The smallest absolute Gasteiger partial charge is 0.206 e. The first kappa shape index (κ1) is 6.94. The molecule has 0 aliphatic carbocycles. The van der Waals surface area contributed by atoms with Crippen LogP contribution in [0.5, 0.6) is 0 Å². The average molecular weight is 121 g/mol. The van der Waals surface area contributed by atoms with Crippen LogP contribution in [-0.2, 0) is 0 Å². The van der Waals surface area contributed by atoms with E-state index in [1.54, 1.807) is 6.08 Å². The van der Waals surface area contributed by atoms with Gasteiger partial charge >= 0.3 is 8.80 Å². The third-order valence-corrected chi connectivity index (χ3v) is 1.86. The number of allylic oxidation sites excluding steroid dienone is 1. The van der Waals surface area contributed by atoms with Crippen LogP contribution in [0.1, 0.15) is 0 Å². The molecule has 0 heterocycles. The van der Waals surface area contributed by atoms with Gasteiger partial charge in [0.1, 0.15) is 0 Å². The van der Waals surface area contributed by atoms with Gasteiger partial charge in [-0.1, -0.05) is 6.08 Å². The minimum atomic E-state index is -1.38. The summed E-state index contributed by atoms with van der Waals surface area (Å²) in [5, 5.41) is 16.4. The summed E-state index contributed by atoms with van der Waals surface area (Å²) in [5.41, 5.74) is 3.84. The minimum absolute atomic E-state index is 0.567. The lowest BCUT2D eigenvalue weighted by Crippen LogP contribution is -2.03. The topological polar surface area (TPSA) is 47.6 Å². The van der Waals surface area contributed by atoms with Gasteiger partial charge in [0, 0.05) is 11.4 Å². The van der Waals surface area contributed by atoms with Gasteiger partial charge in [-0.25, -0.2) is 10.5 Å². The predicted molar refractivity (Wildman–Crippen MR) is 32.0 cm³/mol. The molecular weight excluding hydrogens is 116 g/mol. The number of nitriles is 2. The average Bonchev–Trinajstić information content (AvgIpc) is 1.83. The van der Waals surface area contributed by atoms with Gasteiger partial charge in [-0.05, 0) is 6.04 Å².